The van der Waals surface area contributed by atoms with Gasteiger partial charge in [0.2, 0.25) is 5.79 Å². The van der Waals surface area contributed by atoms with E-state index < -0.39 is 16.0 Å². The first-order valence-corrected chi connectivity index (χ1v) is 9.45. The molecule has 1 fully saturated rings. The Morgan fingerprint density at radius 1 is 1.12 bits per heavy atom. The number of carbonyl (C=O) groups excluding carboxylic acids is 1. The number of carbonyl (C=O) groups is 1. The molecule has 1 aliphatic carbocycles. The van der Waals surface area contributed by atoms with Crippen LogP contribution in [0, 0.1) is 0 Å². The van der Waals surface area contributed by atoms with Crippen molar-refractivity contribution in [1.82, 2.24) is 0 Å². The summed E-state index contributed by atoms with van der Waals surface area (Å²) in [6.07, 6.45) is -0.507. The van der Waals surface area contributed by atoms with Gasteiger partial charge in [-0.05, 0) is 12.1 Å². The standard InChI is InChI=1S/C16H20O6S2/c1-19-11-4-5-12(20-2)13-10(11)8-15(18,22-14(17)21-3)9-16(13)23-6-7-24-16/h4-5,18H,6-9H2,1-3H3/t15-/m0/s1. The lowest BCUT2D eigenvalue weighted by Crippen LogP contribution is -2.46. The Morgan fingerprint density at radius 2 is 1.75 bits per heavy atom. The first kappa shape index (κ1) is 17.6. The predicted octanol–water partition coefficient (Wildman–Crippen LogP) is 2.75. The molecule has 3 rings (SSSR count). The van der Waals surface area contributed by atoms with Gasteiger partial charge in [-0.15, -0.1) is 23.5 Å². The van der Waals surface area contributed by atoms with E-state index in [4.69, 9.17) is 14.2 Å². The average molecular weight is 372 g/mol. The molecule has 0 unspecified atom stereocenters. The predicted molar refractivity (Wildman–Crippen MR) is 92.9 cm³/mol. The lowest BCUT2D eigenvalue weighted by Gasteiger charge is -2.43. The molecule has 132 valence electrons. The average Bonchev–Trinajstić information content (AvgIpc) is 3.01. The van der Waals surface area contributed by atoms with Crippen LogP contribution >= 0.6 is 23.5 Å². The van der Waals surface area contributed by atoms with Crippen LogP contribution in [0.5, 0.6) is 11.5 Å². The van der Waals surface area contributed by atoms with Crippen LogP contribution in [-0.4, -0.2) is 49.9 Å². The summed E-state index contributed by atoms with van der Waals surface area (Å²) < 4.78 is 20.4. The minimum Gasteiger partial charge on any atom is -0.496 e. The normalized spacial score (nSPS) is 24.3. The molecule has 1 N–H and O–H groups in total. The van der Waals surface area contributed by atoms with E-state index >= 15 is 0 Å². The zero-order valence-corrected chi connectivity index (χ0v) is 15.4. The summed E-state index contributed by atoms with van der Waals surface area (Å²) in [5.41, 5.74) is 1.81. The van der Waals surface area contributed by atoms with Crippen molar-refractivity contribution in [3.8, 4) is 11.5 Å². The number of hydrogen-bond donors (Lipinski definition) is 1. The van der Waals surface area contributed by atoms with Crippen LogP contribution in [0.3, 0.4) is 0 Å². The number of fused-ring (bicyclic) bond motifs is 2. The Balaban J connectivity index is 2.14. The van der Waals surface area contributed by atoms with Gasteiger partial charge in [-0.25, -0.2) is 4.79 Å². The van der Waals surface area contributed by atoms with Gasteiger partial charge >= 0.3 is 6.16 Å². The fourth-order valence-corrected chi connectivity index (χ4v) is 6.87. The maximum Gasteiger partial charge on any atom is 0.510 e. The zero-order valence-electron chi connectivity index (χ0n) is 13.8. The van der Waals surface area contributed by atoms with Crippen LogP contribution in [0.15, 0.2) is 12.1 Å². The Morgan fingerprint density at radius 3 is 2.33 bits per heavy atom. The summed E-state index contributed by atoms with van der Waals surface area (Å²) in [6, 6.07) is 3.68. The quantitative estimate of drug-likeness (QED) is 0.641. The van der Waals surface area contributed by atoms with Gasteiger partial charge in [0.05, 0.1) is 25.4 Å². The van der Waals surface area contributed by atoms with Crippen molar-refractivity contribution in [2.75, 3.05) is 32.8 Å². The third-order valence-electron chi connectivity index (χ3n) is 4.21. The molecule has 0 radical (unpaired) electrons. The van der Waals surface area contributed by atoms with Gasteiger partial charge in [-0.1, -0.05) is 0 Å². The molecule has 0 aromatic heterocycles. The largest absolute Gasteiger partial charge is 0.510 e. The molecule has 6 nitrogen and oxygen atoms in total. The molecule has 0 amide bonds. The van der Waals surface area contributed by atoms with E-state index in [0.29, 0.717) is 5.75 Å². The molecule has 24 heavy (non-hydrogen) atoms. The molecule has 2 aliphatic rings. The second-order valence-electron chi connectivity index (χ2n) is 5.63. The number of rotatable bonds is 3. The van der Waals surface area contributed by atoms with Gasteiger partial charge < -0.3 is 24.1 Å². The number of hydrogen-bond acceptors (Lipinski definition) is 8. The molecule has 1 aromatic carbocycles. The van der Waals surface area contributed by atoms with E-state index in [9.17, 15) is 9.90 Å². The van der Waals surface area contributed by atoms with Crippen LogP contribution in [0.2, 0.25) is 0 Å². The first-order valence-electron chi connectivity index (χ1n) is 7.48. The van der Waals surface area contributed by atoms with Gasteiger partial charge in [0, 0.05) is 35.5 Å². The second kappa shape index (κ2) is 6.57. The molecule has 0 saturated carbocycles. The summed E-state index contributed by atoms with van der Waals surface area (Å²) in [4.78, 5) is 11.6. The van der Waals surface area contributed by atoms with Crippen molar-refractivity contribution in [3.63, 3.8) is 0 Å². The minimum absolute atomic E-state index is 0.126. The fraction of sp³-hybridized carbons (Fsp3) is 0.562. The van der Waals surface area contributed by atoms with Crippen molar-refractivity contribution in [1.29, 1.82) is 0 Å². The Bertz CT molecular complexity index is 644. The number of benzene rings is 1. The number of thioether (sulfide) groups is 2. The molecule has 0 bridgehead atoms. The van der Waals surface area contributed by atoms with E-state index in [-0.39, 0.29) is 12.8 Å². The smallest absolute Gasteiger partial charge is 0.496 e. The third kappa shape index (κ3) is 2.91. The third-order valence-corrected chi connectivity index (χ3v) is 7.62. The first-order chi connectivity index (χ1) is 11.5. The highest BCUT2D eigenvalue weighted by atomic mass is 32.2. The van der Waals surface area contributed by atoms with Crippen molar-refractivity contribution < 1.29 is 28.8 Å². The lowest BCUT2D eigenvalue weighted by molar-refractivity contribution is -0.183. The SMILES string of the molecule is COC(=O)O[C@@]1(O)Cc2c(OC)ccc(OC)c2C2(C1)SCCS2. The minimum atomic E-state index is -1.65. The van der Waals surface area contributed by atoms with Gasteiger partial charge in [-0.2, -0.15) is 0 Å². The van der Waals surface area contributed by atoms with E-state index in [1.807, 2.05) is 6.07 Å². The van der Waals surface area contributed by atoms with E-state index in [1.54, 1.807) is 43.8 Å². The summed E-state index contributed by atoms with van der Waals surface area (Å²) in [7, 11) is 4.44. The summed E-state index contributed by atoms with van der Waals surface area (Å²) in [6.45, 7) is 0. The number of ether oxygens (including phenoxy) is 4. The van der Waals surface area contributed by atoms with Crippen molar-refractivity contribution in [2.45, 2.75) is 22.7 Å². The molecule has 1 atom stereocenters. The van der Waals surface area contributed by atoms with Crippen LogP contribution < -0.4 is 9.47 Å². The molecule has 1 spiro atoms. The highest BCUT2D eigenvalue weighted by Crippen LogP contribution is 2.63. The Kier molecular flexibility index (Phi) is 4.81. The lowest BCUT2D eigenvalue weighted by atomic mass is 9.85. The zero-order chi connectivity index (χ0) is 17.4. The monoisotopic (exact) mass is 372 g/mol. The van der Waals surface area contributed by atoms with Crippen molar-refractivity contribution in [2.24, 2.45) is 0 Å². The van der Waals surface area contributed by atoms with Crippen LogP contribution in [0.4, 0.5) is 4.79 Å². The molecule has 1 heterocycles. The number of methoxy groups -OCH3 is 3. The molecule has 1 saturated heterocycles. The van der Waals surface area contributed by atoms with E-state index in [1.165, 1.54) is 7.11 Å². The maximum absolute atomic E-state index is 11.6. The van der Waals surface area contributed by atoms with Gasteiger partial charge in [-0.3, -0.25) is 0 Å². The van der Waals surface area contributed by atoms with Crippen LogP contribution in [0.1, 0.15) is 17.5 Å². The second-order valence-corrected chi connectivity index (χ2v) is 8.68. The van der Waals surface area contributed by atoms with E-state index in [0.717, 1.165) is 28.4 Å². The fourth-order valence-electron chi connectivity index (χ4n) is 3.32. The van der Waals surface area contributed by atoms with E-state index in [2.05, 4.69) is 4.74 Å². The van der Waals surface area contributed by atoms with Gasteiger partial charge in [0.1, 0.15) is 11.5 Å². The van der Waals surface area contributed by atoms with Gasteiger partial charge in [0.15, 0.2) is 0 Å². The highest BCUT2D eigenvalue weighted by Gasteiger charge is 2.54. The summed E-state index contributed by atoms with van der Waals surface area (Å²) in [5, 5.41) is 11.0. The summed E-state index contributed by atoms with van der Waals surface area (Å²) in [5.74, 6) is 1.64. The molecular formula is C16H20O6S2. The Labute approximate surface area is 149 Å². The van der Waals surface area contributed by atoms with Crippen LogP contribution in [0.25, 0.3) is 0 Å². The molecular weight excluding hydrogens is 352 g/mol. The molecule has 1 aliphatic heterocycles. The summed E-state index contributed by atoms with van der Waals surface area (Å²) >= 11 is 3.46. The molecule has 8 heteroatoms. The van der Waals surface area contributed by atoms with Crippen molar-refractivity contribution in [3.05, 3.63) is 23.3 Å². The highest BCUT2D eigenvalue weighted by molar-refractivity contribution is 8.20. The maximum atomic E-state index is 11.6. The Hall–Kier alpha value is -1.25. The topological polar surface area (TPSA) is 74.2 Å². The van der Waals surface area contributed by atoms with Crippen LogP contribution in [-0.2, 0) is 20.0 Å². The molecule has 1 aromatic rings. The number of aliphatic hydroxyl groups is 1. The van der Waals surface area contributed by atoms with Crippen molar-refractivity contribution >= 4 is 29.7 Å². The van der Waals surface area contributed by atoms with Gasteiger partial charge in [0.25, 0.3) is 0 Å².